The second-order valence-electron chi connectivity index (χ2n) is 7.09. The quantitative estimate of drug-likeness (QED) is 0.308. The third-order valence-electron chi connectivity index (χ3n) is 4.58. The van der Waals surface area contributed by atoms with Crippen LogP contribution in [0.15, 0.2) is 65.9 Å². The number of amidine groups is 1. The van der Waals surface area contributed by atoms with Crippen LogP contribution in [0.2, 0.25) is 0 Å². The molecule has 9 heteroatoms. The van der Waals surface area contributed by atoms with Crippen molar-refractivity contribution in [3.63, 3.8) is 0 Å². The standard InChI is InChI=1S/C26H25N5O4/c1-4-5-7-23(27-2)31-26(33)18-9-12-25(29-17-18)35-22-13-14-28-21-11-10-19(16-20(21)22)30-24(32)8-6-15-34-3/h5,7,9-14,16-17H,4,15H2,1-3H3,(H,30,32)(H,27,31,33)/b7-5-. The smallest absolute Gasteiger partial charge is 0.300 e. The van der Waals surface area contributed by atoms with Gasteiger partial charge in [-0.05, 0) is 48.7 Å². The number of aromatic nitrogens is 2. The number of nitrogens with zero attached hydrogens (tertiary/aromatic N) is 3. The fourth-order valence-corrected chi connectivity index (χ4v) is 2.92. The maximum Gasteiger partial charge on any atom is 0.300 e. The summed E-state index contributed by atoms with van der Waals surface area (Å²) in [4.78, 5) is 37.1. The summed E-state index contributed by atoms with van der Waals surface area (Å²) in [6, 6.07) is 10.1. The highest BCUT2D eigenvalue weighted by Crippen LogP contribution is 2.30. The Balaban J connectivity index is 1.75. The number of hydrogen-bond donors (Lipinski definition) is 2. The molecule has 0 fully saturated rings. The van der Waals surface area contributed by atoms with E-state index in [-0.39, 0.29) is 12.5 Å². The number of aliphatic imine (C=N–C) groups is 1. The number of carbonyl (C=O) groups excluding carboxylic acids is 2. The Labute approximate surface area is 203 Å². The van der Waals surface area contributed by atoms with Crippen molar-refractivity contribution in [1.82, 2.24) is 15.3 Å². The van der Waals surface area contributed by atoms with E-state index in [1.165, 1.54) is 13.3 Å². The van der Waals surface area contributed by atoms with Gasteiger partial charge in [0.2, 0.25) is 5.88 Å². The minimum atomic E-state index is -0.454. The highest BCUT2D eigenvalue weighted by Gasteiger charge is 2.11. The number of amides is 2. The van der Waals surface area contributed by atoms with Crippen molar-refractivity contribution in [2.75, 3.05) is 26.1 Å². The van der Waals surface area contributed by atoms with Gasteiger partial charge in [0, 0.05) is 43.7 Å². The average Bonchev–Trinajstić information content (AvgIpc) is 2.87. The number of fused-ring (bicyclic) bond motifs is 1. The van der Waals surface area contributed by atoms with Gasteiger partial charge in [0.05, 0.1) is 11.1 Å². The minimum Gasteiger partial charge on any atom is -0.438 e. The summed E-state index contributed by atoms with van der Waals surface area (Å²) in [6.45, 7) is 2.17. The molecule has 3 aromatic rings. The molecule has 178 valence electrons. The summed E-state index contributed by atoms with van der Waals surface area (Å²) >= 11 is 0. The number of carbonyl (C=O) groups is 2. The lowest BCUT2D eigenvalue weighted by Gasteiger charge is -2.10. The van der Waals surface area contributed by atoms with E-state index in [1.54, 1.807) is 55.7 Å². The van der Waals surface area contributed by atoms with Crippen molar-refractivity contribution >= 4 is 34.2 Å². The zero-order chi connectivity index (χ0) is 25.0. The van der Waals surface area contributed by atoms with Crippen molar-refractivity contribution in [2.24, 2.45) is 4.99 Å². The van der Waals surface area contributed by atoms with Gasteiger partial charge in [-0.2, -0.15) is 0 Å². The Kier molecular flexibility index (Phi) is 9.05. The zero-order valence-electron chi connectivity index (χ0n) is 19.7. The first kappa shape index (κ1) is 25.1. The van der Waals surface area contributed by atoms with Crippen molar-refractivity contribution in [3.05, 3.63) is 66.5 Å². The van der Waals surface area contributed by atoms with Gasteiger partial charge in [-0.3, -0.25) is 19.6 Å². The SMILES string of the molecule is CC/C=C\C(=NC)NC(=O)c1ccc(Oc2ccnc3ccc(NC(=O)C#CCOC)cc23)nc1. The van der Waals surface area contributed by atoms with Crippen molar-refractivity contribution in [2.45, 2.75) is 13.3 Å². The van der Waals surface area contributed by atoms with Gasteiger partial charge >= 0.3 is 0 Å². The molecule has 0 aliphatic heterocycles. The van der Waals surface area contributed by atoms with Gasteiger partial charge < -0.3 is 20.1 Å². The molecular weight excluding hydrogens is 446 g/mol. The first-order valence-corrected chi connectivity index (χ1v) is 10.8. The van der Waals surface area contributed by atoms with Gasteiger partial charge in [-0.25, -0.2) is 4.98 Å². The number of benzene rings is 1. The summed E-state index contributed by atoms with van der Waals surface area (Å²) in [5.74, 6) is 5.53. The normalized spacial score (nSPS) is 11.1. The number of pyridine rings is 2. The number of ether oxygens (including phenoxy) is 2. The lowest BCUT2D eigenvalue weighted by molar-refractivity contribution is -0.111. The molecule has 3 rings (SSSR count). The third-order valence-corrected chi connectivity index (χ3v) is 4.58. The van der Waals surface area contributed by atoms with Gasteiger partial charge in [0.1, 0.15) is 18.2 Å². The molecule has 0 spiro atoms. The molecule has 0 saturated heterocycles. The summed E-state index contributed by atoms with van der Waals surface area (Å²) < 4.78 is 10.8. The molecule has 0 unspecified atom stereocenters. The maximum absolute atomic E-state index is 12.5. The van der Waals surface area contributed by atoms with Crippen LogP contribution in [0.1, 0.15) is 23.7 Å². The molecule has 9 nitrogen and oxygen atoms in total. The van der Waals surface area contributed by atoms with E-state index in [0.29, 0.717) is 39.6 Å². The zero-order valence-corrected chi connectivity index (χ0v) is 19.7. The minimum absolute atomic E-state index is 0.170. The van der Waals surface area contributed by atoms with E-state index in [2.05, 4.69) is 37.4 Å². The Hall–Kier alpha value is -4.55. The van der Waals surface area contributed by atoms with Crippen molar-refractivity contribution in [3.8, 4) is 23.5 Å². The number of rotatable bonds is 7. The average molecular weight is 472 g/mol. The predicted molar refractivity (Wildman–Crippen MR) is 135 cm³/mol. The highest BCUT2D eigenvalue weighted by molar-refractivity contribution is 6.10. The number of anilines is 1. The lowest BCUT2D eigenvalue weighted by Crippen LogP contribution is -2.29. The first-order valence-electron chi connectivity index (χ1n) is 10.8. The van der Waals surface area contributed by atoms with E-state index in [1.807, 2.05) is 13.0 Å². The largest absolute Gasteiger partial charge is 0.438 e. The summed E-state index contributed by atoms with van der Waals surface area (Å²) in [6.07, 6.45) is 7.53. The molecule has 2 aromatic heterocycles. The first-order chi connectivity index (χ1) is 17.0. The van der Waals surface area contributed by atoms with Gasteiger partial charge in [-0.1, -0.05) is 18.9 Å². The van der Waals surface area contributed by atoms with Crippen LogP contribution >= 0.6 is 0 Å². The number of allylic oxidation sites excluding steroid dienone is 1. The lowest BCUT2D eigenvalue weighted by atomic mass is 10.2. The van der Waals surface area contributed by atoms with Crippen LogP contribution in [0.3, 0.4) is 0 Å². The number of nitrogens with one attached hydrogen (secondary N) is 2. The Morgan fingerprint density at radius 2 is 2.03 bits per heavy atom. The molecule has 0 radical (unpaired) electrons. The Morgan fingerprint density at radius 3 is 2.74 bits per heavy atom. The molecule has 0 bridgehead atoms. The van der Waals surface area contributed by atoms with Gasteiger partial charge in [-0.15, -0.1) is 0 Å². The molecule has 2 heterocycles. The van der Waals surface area contributed by atoms with E-state index in [0.717, 1.165) is 6.42 Å². The fourth-order valence-electron chi connectivity index (χ4n) is 2.92. The molecule has 0 aliphatic rings. The van der Waals surface area contributed by atoms with Crippen molar-refractivity contribution < 1.29 is 19.1 Å². The number of hydrogen-bond acceptors (Lipinski definition) is 7. The van der Waals surface area contributed by atoms with Gasteiger partial charge in [0.15, 0.2) is 0 Å². The monoisotopic (exact) mass is 471 g/mol. The van der Waals surface area contributed by atoms with E-state index in [4.69, 9.17) is 9.47 Å². The van der Waals surface area contributed by atoms with E-state index >= 15 is 0 Å². The second kappa shape index (κ2) is 12.6. The van der Waals surface area contributed by atoms with Crippen LogP contribution in [0.5, 0.6) is 11.6 Å². The molecule has 0 saturated carbocycles. The van der Waals surface area contributed by atoms with Crippen LogP contribution < -0.4 is 15.4 Å². The highest BCUT2D eigenvalue weighted by atomic mass is 16.5. The summed E-state index contributed by atoms with van der Waals surface area (Å²) in [5.41, 5.74) is 1.58. The molecule has 1 aromatic carbocycles. The van der Waals surface area contributed by atoms with Crippen LogP contribution in [-0.2, 0) is 9.53 Å². The Bertz CT molecular complexity index is 1320. The third kappa shape index (κ3) is 7.22. The van der Waals surface area contributed by atoms with E-state index < -0.39 is 5.91 Å². The topological polar surface area (TPSA) is 115 Å². The summed E-state index contributed by atoms with van der Waals surface area (Å²) in [7, 11) is 3.11. The molecule has 2 N–H and O–H groups in total. The van der Waals surface area contributed by atoms with Gasteiger partial charge in [0.25, 0.3) is 11.8 Å². The van der Waals surface area contributed by atoms with E-state index in [9.17, 15) is 9.59 Å². The van der Waals surface area contributed by atoms with Crippen molar-refractivity contribution in [1.29, 1.82) is 0 Å². The van der Waals surface area contributed by atoms with Crippen LogP contribution in [-0.4, -0.2) is 48.4 Å². The molecule has 0 atom stereocenters. The molecule has 0 aliphatic carbocycles. The van der Waals surface area contributed by atoms with Crippen LogP contribution in [0.25, 0.3) is 10.9 Å². The number of methoxy groups -OCH3 is 1. The second-order valence-corrected chi connectivity index (χ2v) is 7.09. The van der Waals surface area contributed by atoms with Crippen LogP contribution in [0.4, 0.5) is 5.69 Å². The molecular formula is C26H25N5O4. The fraction of sp³-hybridized carbons (Fsp3) is 0.192. The van der Waals surface area contributed by atoms with Crippen LogP contribution in [0, 0.1) is 11.8 Å². The molecule has 2 amide bonds. The predicted octanol–water partition coefficient (Wildman–Crippen LogP) is 3.73. The maximum atomic E-state index is 12.5. The Morgan fingerprint density at radius 1 is 1.17 bits per heavy atom. The molecule has 35 heavy (non-hydrogen) atoms. The summed E-state index contributed by atoms with van der Waals surface area (Å²) in [5, 5.41) is 6.12.